The van der Waals surface area contributed by atoms with Crippen molar-refractivity contribution in [3.63, 3.8) is 0 Å². The van der Waals surface area contributed by atoms with E-state index in [9.17, 15) is 8.78 Å². The third kappa shape index (κ3) is 2.38. The number of hydrogen-bond acceptors (Lipinski definition) is 1. The number of benzene rings is 2. The van der Waals surface area contributed by atoms with Gasteiger partial charge < -0.3 is 4.98 Å². The van der Waals surface area contributed by atoms with E-state index in [0.717, 1.165) is 22.5 Å². The second-order valence-electron chi connectivity index (χ2n) is 4.17. The molecule has 2 aromatic carbocycles. The minimum absolute atomic E-state index is 0.251. The predicted molar refractivity (Wildman–Crippen MR) is 71.9 cm³/mol. The largest absolute Gasteiger partial charge is 0.361 e. The topological polar surface area (TPSA) is 28.1 Å². The average Bonchev–Trinajstić information content (AvgIpc) is 2.83. The molecule has 0 atom stereocenters. The smallest absolute Gasteiger partial charge is 0.128 e. The molecule has 0 unspecified atom stereocenters. The van der Waals surface area contributed by atoms with Crippen LogP contribution in [0.5, 0.6) is 0 Å². The summed E-state index contributed by atoms with van der Waals surface area (Å²) in [6, 6.07) is 10.9. The van der Waals surface area contributed by atoms with Crippen LogP contribution in [-0.2, 0) is 0 Å². The second-order valence-corrected chi connectivity index (χ2v) is 4.17. The van der Waals surface area contributed by atoms with Gasteiger partial charge in [-0.2, -0.15) is 0 Å². The molecule has 0 saturated heterocycles. The highest BCUT2D eigenvalue weighted by atomic mass is 19.1. The predicted octanol–water partition coefficient (Wildman–Crippen LogP) is 4.20. The Hall–Kier alpha value is -2.49. The van der Waals surface area contributed by atoms with Gasteiger partial charge in [-0.3, -0.25) is 4.99 Å². The lowest BCUT2D eigenvalue weighted by Gasteiger charge is -1.98. The highest BCUT2D eigenvalue weighted by Gasteiger charge is 2.01. The van der Waals surface area contributed by atoms with Crippen LogP contribution in [0, 0.1) is 11.6 Å². The third-order valence-corrected chi connectivity index (χ3v) is 2.82. The van der Waals surface area contributed by atoms with Crippen LogP contribution in [-0.4, -0.2) is 11.2 Å². The number of hydrogen-bond donors (Lipinski definition) is 1. The van der Waals surface area contributed by atoms with Crippen molar-refractivity contribution in [2.24, 2.45) is 4.99 Å². The maximum Gasteiger partial charge on any atom is 0.128 e. The number of aliphatic imine (C=N–C) groups is 1. The maximum absolute atomic E-state index is 13.0. The lowest BCUT2D eigenvalue weighted by Crippen LogP contribution is -1.84. The summed E-state index contributed by atoms with van der Waals surface area (Å²) in [7, 11) is 0. The molecule has 0 aliphatic rings. The van der Waals surface area contributed by atoms with Crippen LogP contribution >= 0.6 is 0 Å². The van der Waals surface area contributed by atoms with Crippen molar-refractivity contribution >= 4 is 22.8 Å². The first-order valence-corrected chi connectivity index (χ1v) is 5.79. The Bertz CT molecular complexity index is 739. The number of nitrogens with one attached hydrogen (secondary N) is 1. The number of aromatic amines is 1. The van der Waals surface area contributed by atoms with E-state index in [1.807, 2.05) is 30.5 Å². The number of para-hydroxylation sites is 1. The Kier molecular flexibility index (Phi) is 2.83. The van der Waals surface area contributed by atoms with Gasteiger partial charge in [0.15, 0.2) is 0 Å². The standard InChI is InChI=1S/C15H10F2N2/c16-12-6-13(17)8-14(7-12)19-9-11-3-1-2-10-4-5-18-15(10)11/h1-9,18H. The summed E-state index contributed by atoms with van der Waals surface area (Å²) in [5.74, 6) is -1.27. The van der Waals surface area contributed by atoms with Crippen molar-refractivity contribution in [3.05, 3.63) is 65.9 Å². The molecule has 0 aliphatic heterocycles. The highest BCUT2D eigenvalue weighted by molar-refractivity contribution is 5.98. The van der Waals surface area contributed by atoms with E-state index < -0.39 is 11.6 Å². The molecule has 1 N–H and O–H groups in total. The van der Waals surface area contributed by atoms with Crippen LogP contribution in [0.25, 0.3) is 10.9 Å². The van der Waals surface area contributed by atoms with Gasteiger partial charge in [-0.15, -0.1) is 0 Å². The summed E-state index contributed by atoms with van der Waals surface area (Å²) < 4.78 is 26.1. The van der Waals surface area contributed by atoms with Crippen molar-refractivity contribution in [1.82, 2.24) is 4.98 Å². The molecule has 0 radical (unpaired) electrons. The lowest BCUT2D eigenvalue weighted by atomic mass is 10.1. The van der Waals surface area contributed by atoms with E-state index in [-0.39, 0.29) is 5.69 Å². The lowest BCUT2D eigenvalue weighted by molar-refractivity contribution is 0.584. The zero-order valence-electron chi connectivity index (χ0n) is 9.90. The zero-order chi connectivity index (χ0) is 13.2. The Morgan fingerprint density at radius 3 is 2.58 bits per heavy atom. The van der Waals surface area contributed by atoms with Crippen LogP contribution in [0.2, 0.25) is 0 Å². The van der Waals surface area contributed by atoms with Gasteiger partial charge in [0.25, 0.3) is 0 Å². The quantitative estimate of drug-likeness (QED) is 0.666. The van der Waals surface area contributed by atoms with E-state index in [2.05, 4.69) is 9.98 Å². The van der Waals surface area contributed by atoms with E-state index in [1.54, 1.807) is 6.21 Å². The summed E-state index contributed by atoms with van der Waals surface area (Å²) in [6.45, 7) is 0. The summed E-state index contributed by atoms with van der Waals surface area (Å²) in [4.78, 5) is 7.21. The molecule has 3 aromatic rings. The number of H-pyrrole nitrogens is 1. The van der Waals surface area contributed by atoms with E-state index >= 15 is 0 Å². The first-order valence-electron chi connectivity index (χ1n) is 5.79. The first-order chi connectivity index (χ1) is 9.22. The summed E-state index contributed by atoms with van der Waals surface area (Å²) in [5, 5.41) is 1.06. The molecule has 0 spiro atoms. The molecule has 0 saturated carbocycles. The van der Waals surface area contributed by atoms with Crippen LogP contribution in [0.3, 0.4) is 0 Å². The van der Waals surface area contributed by atoms with Crippen LogP contribution < -0.4 is 0 Å². The van der Waals surface area contributed by atoms with E-state index in [1.165, 1.54) is 12.1 Å². The summed E-state index contributed by atoms with van der Waals surface area (Å²) in [5.41, 5.74) is 2.07. The van der Waals surface area contributed by atoms with Gasteiger partial charge in [-0.05, 0) is 18.2 Å². The fourth-order valence-electron chi connectivity index (χ4n) is 1.97. The van der Waals surface area contributed by atoms with Crippen LogP contribution in [0.1, 0.15) is 5.56 Å². The number of fused-ring (bicyclic) bond motifs is 1. The van der Waals surface area contributed by atoms with Crippen LogP contribution in [0.4, 0.5) is 14.5 Å². The van der Waals surface area contributed by atoms with Crippen molar-refractivity contribution in [1.29, 1.82) is 0 Å². The SMILES string of the molecule is Fc1cc(F)cc(N=Cc2cccc3cc[nH]c23)c1. The minimum Gasteiger partial charge on any atom is -0.361 e. The Morgan fingerprint density at radius 1 is 1.00 bits per heavy atom. The van der Waals surface area contributed by atoms with Gasteiger partial charge in [0.1, 0.15) is 11.6 Å². The number of aromatic nitrogens is 1. The first kappa shape index (κ1) is 11.6. The van der Waals surface area contributed by atoms with Gasteiger partial charge >= 0.3 is 0 Å². The summed E-state index contributed by atoms with van der Waals surface area (Å²) in [6.07, 6.45) is 3.43. The summed E-state index contributed by atoms with van der Waals surface area (Å²) >= 11 is 0. The number of nitrogens with zero attached hydrogens (tertiary/aromatic N) is 1. The molecular weight excluding hydrogens is 246 g/mol. The third-order valence-electron chi connectivity index (χ3n) is 2.82. The molecular formula is C15H10F2N2. The molecule has 1 aromatic heterocycles. The van der Waals surface area contributed by atoms with Crippen molar-refractivity contribution in [2.75, 3.05) is 0 Å². The van der Waals surface area contributed by atoms with Crippen LogP contribution in [0.15, 0.2) is 53.7 Å². The maximum atomic E-state index is 13.0. The average molecular weight is 256 g/mol. The Morgan fingerprint density at radius 2 is 1.79 bits per heavy atom. The molecule has 0 aliphatic carbocycles. The van der Waals surface area contributed by atoms with Crippen molar-refractivity contribution in [2.45, 2.75) is 0 Å². The molecule has 1 heterocycles. The number of rotatable bonds is 2. The van der Waals surface area contributed by atoms with Gasteiger partial charge in [-0.25, -0.2) is 8.78 Å². The molecule has 19 heavy (non-hydrogen) atoms. The minimum atomic E-state index is -0.634. The molecule has 3 rings (SSSR count). The van der Waals surface area contributed by atoms with E-state index in [4.69, 9.17) is 0 Å². The second kappa shape index (κ2) is 4.65. The van der Waals surface area contributed by atoms with E-state index in [0.29, 0.717) is 0 Å². The highest BCUT2D eigenvalue weighted by Crippen LogP contribution is 2.18. The zero-order valence-corrected chi connectivity index (χ0v) is 9.90. The molecule has 94 valence electrons. The van der Waals surface area contributed by atoms with Gasteiger partial charge in [-0.1, -0.05) is 18.2 Å². The molecule has 0 bridgehead atoms. The molecule has 2 nitrogen and oxygen atoms in total. The Labute approximate surface area is 108 Å². The molecule has 4 heteroatoms. The van der Waals surface area contributed by atoms with Gasteiger partial charge in [0, 0.05) is 29.4 Å². The normalized spacial score (nSPS) is 11.5. The fourth-order valence-corrected chi connectivity index (χ4v) is 1.97. The van der Waals surface area contributed by atoms with Crippen molar-refractivity contribution < 1.29 is 8.78 Å². The van der Waals surface area contributed by atoms with Gasteiger partial charge in [0.2, 0.25) is 0 Å². The Balaban J connectivity index is 2.00. The molecule has 0 amide bonds. The van der Waals surface area contributed by atoms with Gasteiger partial charge in [0.05, 0.1) is 11.2 Å². The monoisotopic (exact) mass is 256 g/mol. The van der Waals surface area contributed by atoms with Crippen molar-refractivity contribution in [3.8, 4) is 0 Å². The number of halogens is 2. The fraction of sp³-hybridized carbons (Fsp3) is 0. The molecule has 0 fully saturated rings.